The molecule has 2 atom stereocenters. The summed E-state index contributed by atoms with van der Waals surface area (Å²) in [5.41, 5.74) is 0.902. The fourth-order valence-corrected chi connectivity index (χ4v) is 4.98. The van der Waals surface area contributed by atoms with Crippen LogP contribution in [0.2, 0.25) is 5.02 Å². The van der Waals surface area contributed by atoms with Crippen molar-refractivity contribution in [2.75, 3.05) is 31.7 Å². The van der Waals surface area contributed by atoms with Crippen LogP contribution in [0.15, 0.2) is 66.0 Å². The van der Waals surface area contributed by atoms with Crippen molar-refractivity contribution >= 4 is 46.3 Å². The number of carbonyl (C=O) groups is 3. The first-order chi connectivity index (χ1) is 18.0. The van der Waals surface area contributed by atoms with E-state index in [1.165, 1.54) is 23.3 Å². The molecule has 10 heteroatoms. The average Bonchev–Trinajstić information content (AvgIpc) is 3.64. The Kier molecular flexibility index (Phi) is 9.16. The topological polar surface area (TPSA) is 97.0 Å². The van der Waals surface area contributed by atoms with Crippen LogP contribution in [0, 0.1) is 0 Å². The molecule has 37 heavy (non-hydrogen) atoms. The summed E-state index contributed by atoms with van der Waals surface area (Å²) in [7, 11) is 1.48. The van der Waals surface area contributed by atoms with Gasteiger partial charge in [0.1, 0.15) is 11.8 Å². The zero-order chi connectivity index (χ0) is 26.2. The zero-order valence-electron chi connectivity index (χ0n) is 20.3. The number of halogens is 1. The first kappa shape index (κ1) is 26.7. The molecule has 0 bridgehead atoms. The van der Waals surface area contributed by atoms with E-state index in [0.717, 1.165) is 12.8 Å². The van der Waals surface area contributed by atoms with E-state index in [9.17, 15) is 14.4 Å². The molecule has 8 nitrogen and oxygen atoms in total. The number of ether oxygens (including phenoxy) is 2. The Morgan fingerprint density at radius 3 is 2.62 bits per heavy atom. The second-order valence-electron chi connectivity index (χ2n) is 8.43. The van der Waals surface area contributed by atoms with Crippen molar-refractivity contribution in [1.82, 2.24) is 10.6 Å². The lowest BCUT2D eigenvalue weighted by Gasteiger charge is -2.33. The highest BCUT2D eigenvalue weighted by Gasteiger charge is 2.35. The van der Waals surface area contributed by atoms with E-state index in [4.69, 9.17) is 21.1 Å². The minimum atomic E-state index is -1.05. The molecule has 2 N–H and O–H groups in total. The smallest absolute Gasteiger partial charge is 0.261 e. The highest BCUT2D eigenvalue weighted by Crippen LogP contribution is 2.37. The highest BCUT2D eigenvalue weighted by atomic mass is 35.5. The first-order valence-corrected chi connectivity index (χ1v) is 13.1. The highest BCUT2D eigenvalue weighted by molar-refractivity contribution is 7.12. The molecule has 1 aliphatic rings. The van der Waals surface area contributed by atoms with Crippen molar-refractivity contribution in [3.63, 3.8) is 0 Å². The number of hydrogen-bond donors (Lipinski definition) is 2. The molecule has 194 valence electrons. The van der Waals surface area contributed by atoms with E-state index in [2.05, 4.69) is 10.6 Å². The fourth-order valence-electron chi connectivity index (χ4n) is 4.17. The predicted molar refractivity (Wildman–Crippen MR) is 143 cm³/mol. The Hall–Kier alpha value is -3.40. The van der Waals surface area contributed by atoms with Gasteiger partial charge in [0.2, 0.25) is 11.8 Å². The van der Waals surface area contributed by atoms with Gasteiger partial charge in [-0.15, -0.1) is 11.3 Å². The minimum absolute atomic E-state index is 0.0738. The lowest BCUT2D eigenvalue weighted by molar-refractivity contribution is -0.126. The average molecular weight is 542 g/mol. The van der Waals surface area contributed by atoms with Gasteiger partial charge in [-0.2, -0.15) is 0 Å². The van der Waals surface area contributed by atoms with Crippen LogP contribution in [-0.4, -0.2) is 50.6 Å². The Morgan fingerprint density at radius 1 is 1.14 bits per heavy atom. The van der Waals surface area contributed by atoms with Gasteiger partial charge in [0.15, 0.2) is 0 Å². The third kappa shape index (κ3) is 6.68. The second-order valence-corrected chi connectivity index (χ2v) is 9.82. The number of methoxy groups -OCH3 is 1. The monoisotopic (exact) mass is 541 g/mol. The van der Waals surface area contributed by atoms with Crippen molar-refractivity contribution < 1.29 is 23.9 Å². The van der Waals surface area contributed by atoms with Crippen molar-refractivity contribution in [1.29, 1.82) is 0 Å². The van der Waals surface area contributed by atoms with Crippen LogP contribution in [0.3, 0.4) is 0 Å². The van der Waals surface area contributed by atoms with Crippen LogP contribution >= 0.6 is 22.9 Å². The summed E-state index contributed by atoms with van der Waals surface area (Å²) >= 11 is 7.59. The molecule has 1 aliphatic heterocycles. The Labute approximate surface area is 224 Å². The molecule has 2 aromatic carbocycles. The number of benzene rings is 2. The quantitative estimate of drug-likeness (QED) is 0.401. The summed E-state index contributed by atoms with van der Waals surface area (Å²) in [6, 6.07) is 16.2. The summed E-state index contributed by atoms with van der Waals surface area (Å²) in [4.78, 5) is 41.9. The molecule has 0 unspecified atom stereocenters. The predicted octanol–water partition coefficient (Wildman–Crippen LogP) is 4.21. The van der Waals surface area contributed by atoms with E-state index < -0.39 is 11.9 Å². The van der Waals surface area contributed by atoms with Gasteiger partial charge in [0.25, 0.3) is 5.91 Å². The number of rotatable bonds is 10. The molecular formula is C27H28ClN3O5S. The standard InChI is InChI=1S/C27H28ClN3O5S/c1-35-22-12-11-19(28)15-21(22)31(24(32)17-30-26(33)23-10-6-14-37-23)25(18-7-3-2-4-8-18)27(34)29-16-20-9-5-13-36-20/h2-4,6-8,10-12,14-15,20,25H,5,9,13,16-17H2,1H3,(H,29,34)(H,30,33)/t20-,25+/m0/s1. The molecular weight excluding hydrogens is 514 g/mol. The van der Waals surface area contributed by atoms with Gasteiger partial charge in [-0.05, 0) is 48.1 Å². The van der Waals surface area contributed by atoms with Crippen molar-refractivity contribution in [2.24, 2.45) is 0 Å². The Balaban J connectivity index is 1.70. The maximum atomic E-state index is 13.8. The van der Waals surface area contributed by atoms with Crippen LogP contribution < -0.4 is 20.3 Å². The van der Waals surface area contributed by atoms with Gasteiger partial charge in [-0.1, -0.05) is 48.0 Å². The summed E-state index contributed by atoms with van der Waals surface area (Å²) in [5.74, 6) is -0.913. The van der Waals surface area contributed by atoms with Gasteiger partial charge in [0.05, 0.1) is 30.3 Å². The van der Waals surface area contributed by atoms with E-state index in [1.54, 1.807) is 60.0 Å². The molecule has 0 radical (unpaired) electrons. The molecule has 4 rings (SSSR count). The normalized spacial score (nSPS) is 15.6. The van der Waals surface area contributed by atoms with Crippen LogP contribution in [0.4, 0.5) is 5.69 Å². The molecule has 1 saturated heterocycles. The third-order valence-corrected chi connectivity index (χ3v) is 7.07. The number of nitrogens with one attached hydrogen (secondary N) is 2. The van der Waals surface area contributed by atoms with Gasteiger partial charge in [-0.25, -0.2) is 0 Å². The van der Waals surface area contributed by atoms with Gasteiger partial charge >= 0.3 is 0 Å². The first-order valence-electron chi connectivity index (χ1n) is 11.9. The van der Waals surface area contributed by atoms with Gasteiger partial charge < -0.3 is 20.1 Å². The second kappa shape index (κ2) is 12.7. The van der Waals surface area contributed by atoms with Crippen LogP contribution in [-0.2, 0) is 14.3 Å². The number of nitrogens with zero attached hydrogens (tertiary/aromatic N) is 1. The lowest BCUT2D eigenvalue weighted by Crippen LogP contribution is -2.48. The molecule has 1 fully saturated rings. The third-order valence-electron chi connectivity index (χ3n) is 5.96. The van der Waals surface area contributed by atoms with Gasteiger partial charge in [0, 0.05) is 18.2 Å². The number of anilines is 1. The molecule has 3 amide bonds. The van der Waals surface area contributed by atoms with Crippen LogP contribution in [0.25, 0.3) is 0 Å². The maximum Gasteiger partial charge on any atom is 0.261 e. The SMILES string of the molecule is COc1ccc(Cl)cc1N(C(=O)CNC(=O)c1cccs1)[C@@H](C(=O)NC[C@@H]1CCCO1)c1ccccc1. The number of carbonyl (C=O) groups excluding carboxylic acids is 3. The molecule has 1 aromatic heterocycles. The van der Waals surface area contributed by atoms with E-state index >= 15 is 0 Å². The number of thiophene rings is 1. The minimum Gasteiger partial charge on any atom is -0.495 e. The van der Waals surface area contributed by atoms with Crippen molar-refractivity contribution in [2.45, 2.75) is 25.0 Å². The van der Waals surface area contributed by atoms with Crippen molar-refractivity contribution in [3.05, 3.63) is 81.5 Å². The molecule has 2 heterocycles. The lowest BCUT2D eigenvalue weighted by atomic mass is 10.0. The Bertz CT molecular complexity index is 1220. The summed E-state index contributed by atoms with van der Waals surface area (Å²) in [6.45, 7) is 0.650. The Morgan fingerprint density at radius 2 is 1.95 bits per heavy atom. The molecule has 0 spiro atoms. The zero-order valence-corrected chi connectivity index (χ0v) is 21.9. The summed E-state index contributed by atoms with van der Waals surface area (Å²) in [5, 5.41) is 7.76. The van der Waals surface area contributed by atoms with Crippen LogP contribution in [0.1, 0.15) is 34.1 Å². The summed E-state index contributed by atoms with van der Waals surface area (Å²) in [6.07, 6.45) is 1.72. The van der Waals surface area contributed by atoms with E-state index in [0.29, 0.717) is 40.1 Å². The summed E-state index contributed by atoms with van der Waals surface area (Å²) < 4.78 is 11.2. The van der Waals surface area contributed by atoms with Crippen LogP contribution in [0.5, 0.6) is 5.75 Å². The molecule has 3 aromatic rings. The molecule has 0 saturated carbocycles. The van der Waals surface area contributed by atoms with E-state index in [1.807, 2.05) is 6.07 Å². The van der Waals surface area contributed by atoms with Crippen molar-refractivity contribution in [3.8, 4) is 5.75 Å². The maximum absolute atomic E-state index is 13.8. The number of amides is 3. The largest absolute Gasteiger partial charge is 0.495 e. The molecule has 0 aliphatic carbocycles. The fraction of sp³-hybridized carbons (Fsp3) is 0.296. The van der Waals surface area contributed by atoms with Gasteiger partial charge in [-0.3, -0.25) is 19.3 Å². The number of hydrogen-bond acceptors (Lipinski definition) is 6. The van der Waals surface area contributed by atoms with E-state index in [-0.39, 0.29) is 24.5 Å².